The molecule has 0 amide bonds. The molecule has 1 rings (SSSR count). The lowest BCUT2D eigenvalue weighted by Gasteiger charge is -2.24. The van der Waals surface area contributed by atoms with Gasteiger partial charge >= 0.3 is 0 Å². The van der Waals surface area contributed by atoms with Gasteiger partial charge in [-0.3, -0.25) is 0 Å². The normalized spacial score (nSPS) is 26.9. The van der Waals surface area contributed by atoms with Crippen LogP contribution in [0.1, 0.15) is 27.7 Å². The Labute approximate surface area is 85.6 Å². The molecular weight excluding hydrogens is 179 g/mol. The molecule has 0 fully saturated rings. The van der Waals surface area contributed by atoms with Gasteiger partial charge in [0.15, 0.2) is 0 Å². The van der Waals surface area contributed by atoms with Gasteiger partial charge in [0.1, 0.15) is 11.9 Å². The Balaban J connectivity index is 2.62. The summed E-state index contributed by atoms with van der Waals surface area (Å²) in [6.45, 7) is 7.94. The van der Waals surface area contributed by atoms with Crippen LogP contribution in [0.2, 0.25) is 0 Å². The average molecular weight is 198 g/mol. The maximum Gasteiger partial charge on any atom is 0.129 e. The van der Waals surface area contributed by atoms with Crippen molar-refractivity contribution in [2.75, 3.05) is 0 Å². The molecular formula is C12H19FO. The van der Waals surface area contributed by atoms with Crippen LogP contribution in [0.5, 0.6) is 0 Å². The maximum atomic E-state index is 13.6. The third kappa shape index (κ3) is 2.86. The van der Waals surface area contributed by atoms with Crippen molar-refractivity contribution < 1.29 is 9.13 Å². The minimum absolute atomic E-state index is 0.00508. The summed E-state index contributed by atoms with van der Waals surface area (Å²) in [6.07, 6.45) is 4.56. The van der Waals surface area contributed by atoms with E-state index in [2.05, 4.69) is 0 Å². The van der Waals surface area contributed by atoms with Crippen molar-refractivity contribution in [2.24, 2.45) is 11.8 Å². The predicted molar refractivity (Wildman–Crippen MR) is 56.7 cm³/mol. The average Bonchev–Trinajstić information content (AvgIpc) is 2.01. The largest absolute Gasteiger partial charge is 0.491 e. The Hall–Kier alpha value is -0.790. The van der Waals surface area contributed by atoms with Gasteiger partial charge in [0.2, 0.25) is 0 Å². The van der Waals surface area contributed by atoms with E-state index < -0.39 is 6.17 Å². The molecule has 0 aromatic heterocycles. The third-order valence-corrected chi connectivity index (χ3v) is 2.32. The smallest absolute Gasteiger partial charge is 0.129 e. The van der Waals surface area contributed by atoms with E-state index in [1.165, 1.54) is 0 Å². The van der Waals surface area contributed by atoms with Gasteiger partial charge in [0.25, 0.3) is 0 Å². The van der Waals surface area contributed by atoms with Gasteiger partial charge in [0, 0.05) is 5.92 Å². The summed E-state index contributed by atoms with van der Waals surface area (Å²) in [5.74, 6) is 0.983. The topological polar surface area (TPSA) is 9.23 Å². The van der Waals surface area contributed by atoms with Crippen LogP contribution in [0.3, 0.4) is 0 Å². The fourth-order valence-electron chi connectivity index (χ4n) is 1.58. The van der Waals surface area contributed by atoms with Crippen molar-refractivity contribution in [2.45, 2.75) is 40.0 Å². The zero-order valence-corrected chi connectivity index (χ0v) is 9.33. The van der Waals surface area contributed by atoms with Gasteiger partial charge in [-0.05, 0) is 31.9 Å². The number of hydrogen-bond acceptors (Lipinski definition) is 1. The molecule has 1 nitrogen and oxygen atoms in total. The maximum absolute atomic E-state index is 13.6. The Morgan fingerprint density at radius 2 is 1.93 bits per heavy atom. The Bertz CT molecular complexity index is 241. The number of alkyl halides is 1. The SMILES string of the molecule is CC(C)OC1=CC(F)C(C(C)C)C=C1. The molecule has 0 heterocycles. The molecule has 1 aliphatic rings. The second kappa shape index (κ2) is 4.63. The highest BCUT2D eigenvalue weighted by Crippen LogP contribution is 2.26. The second-order valence-corrected chi connectivity index (χ2v) is 4.36. The summed E-state index contributed by atoms with van der Waals surface area (Å²) in [5.41, 5.74) is 0. The standard InChI is InChI=1S/C12H19FO/c1-8(2)11-6-5-10(7-12(11)13)14-9(3)4/h5-9,11-12H,1-4H3. The van der Waals surface area contributed by atoms with Crippen molar-refractivity contribution in [3.8, 4) is 0 Å². The monoisotopic (exact) mass is 198 g/mol. The lowest BCUT2D eigenvalue weighted by atomic mass is 9.88. The highest BCUT2D eigenvalue weighted by molar-refractivity contribution is 5.22. The summed E-state index contributed by atoms with van der Waals surface area (Å²) in [7, 11) is 0. The van der Waals surface area contributed by atoms with Crippen LogP contribution in [-0.4, -0.2) is 12.3 Å². The predicted octanol–water partition coefficient (Wildman–Crippen LogP) is 3.48. The van der Waals surface area contributed by atoms with E-state index in [4.69, 9.17) is 4.74 Å². The van der Waals surface area contributed by atoms with Gasteiger partial charge in [-0.2, -0.15) is 0 Å². The Morgan fingerprint density at radius 3 is 2.36 bits per heavy atom. The summed E-state index contributed by atoms with van der Waals surface area (Å²) in [5, 5.41) is 0. The Kier molecular flexibility index (Phi) is 3.73. The first-order valence-electron chi connectivity index (χ1n) is 5.21. The van der Waals surface area contributed by atoms with E-state index in [0.717, 1.165) is 0 Å². The second-order valence-electron chi connectivity index (χ2n) is 4.36. The number of rotatable bonds is 3. The van der Waals surface area contributed by atoms with Crippen LogP contribution < -0.4 is 0 Å². The first kappa shape index (κ1) is 11.3. The van der Waals surface area contributed by atoms with Crippen molar-refractivity contribution in [1.29, 1.82) is 0 Å². The van der Waals surface area contributed by atoms with Crippen molar-refractivity contribution in [1.82, 2.24) is 0 Å². The van der Waals surface area contributed by atoms with E-state index in [1.54, 1.807) is 6.08 Å². The van der Waals surface area contributed by atoms with Gasteiger partial charge in [0.05, 0.1) is 6.10 Å². The molecule has 2 heteroatoms. The summed E-state index contributed by atoms with van der Waals surface area (Å²) in [4.78, 5) is 0. The molecule has 80 valence electrons. The number of hydrogen-bond donors (Lipinski definition) is 0. The van der Waals surface area contributed by atoms with Gasteiger partial charge in [-0.1, -0.05) is 19.9 Å². The molecule has 0 aromatic rings. The molecule has 14 heavy (non-hydrogen) atoms. The van der Waals surface area contributed by atoms with Crippen LogP contribution >= 0.6 is 0 Å². The molecule has 0 saturated heterocycles. The minimum Gasteiger partial charge on any atom is -0.491 e. The minimum atomic E-state index is -0.909. The fraction of sp³-hybridized carbons (Fsp3) is 0.667. The molecule has 0 radical (unpaired) electrons. The molecule has 0 spiro atoms. The molecule has 0 aliphatic heterocycles. The summed E-state index contributed by atoms with van der Waals surface area (Å²) < 4.78 is 19.0. The molecule has 0 saturated carbocycles. The van der Waals surface area contributed by atoms with E-state index >= 15 is 0 Å². The van der Waals surface area contributed by atoms with Crippen LogP contribution in [0.15, 0.2) is 24.0 Å². The lowest BCUT2D eigenvalue weighted by molar-refractivity contribution is 0.148. The van der Waals surface area contributed by atoms with Crippen LogP contribution in [0, 0.1) is 11.8 Å². The van der Waals surface area contributed by atoms with E-state index in [0.29, 0.717) is 11.7 Å². The first-order valence-corrected chi connectivity index (χ1v) is 5.21. The number of halogens is 1. The number of ether oxygens (including phenoxy) is 1. The molecule has 1 aliphatic carbocycles. The number of allylic oxidation sites excluding steroid dienone is 3. The van der Waals surface area contributed by atoms with E-state index in [-0.39, 0.29) is 12.0 Å². The van der Waals surface area contributed by atoms with Crippen molar-refractivity contribution in [3.63, 3.8) is 0 Å². The fourth-order valence-corrected chi connectivity index (χ4v) is 1.58. The van der Waals surface area contributed by atoms with E-state index in [1.807, 2.05) is 39.8 Å². The van der Waals surface area contributed by atoms with Crippen LogP contribution in [0.25, 0.3) is 0 Å². The summed E-state index contributed by atoms with van der Waals surface area (Å²) in [6, 6.07) is 0. The molecule has 0 bridgehead atoms. The Morgan fingerprint density at radius 1 is 1.29 bits per heavy atom. The van der Waals surface area contributed by atoms with Crippen LogP contribution in [-0.2, 0) is 4.74 Å². The van der Waals surface area contributed by atoms with Crippen LogP contribution in [0.4, 0.5) is 4.39 Å². The first-order chi connectivity index (χ1) is 6.50. The molecule has 0 aromatic carbocycles. The summed E-state index contributed by atoms with van der Waals surface area (Å²) >= 11 is 0. The van der Waals surface area contributed by atoms with Gasteiger partial charge in [-0.25, -0.2) is 4.39 Å². The quantitative estimate of drug-likeness (QED) is 0.674. The van der Waals surface area contributed by atoms with Crippen molar-refractivity contribution >= 4 is 0 Å². The molecule has 0 N–H and O–H groups in total. The van der Waals surface area contributed by atoms with Gasteiger partial charge < -0.3 is 4.74 Å². The third-order valence-electron chi connectivity index (χ3n) is 2.32. The van der Waals surface area contributed by atoms with Gasteiger partial charge in [-0.15, -0.1) is 0 Å². The highest BCUT2D eigenvalue weighted by atomic mass is 19.1. The lowest BCUT2D eigenvalue weighted by Crippen LogP contribution is -2.21. The van der Waals surface area contributed by atoms with Crippen molar-refractivity contribution in [3.05, 3.63) is 24.0 Å². The zero-order valence-electron chi connectivity index (χ0n) is 9.33. The van der Waals surface area contributed by atoms with E-state index in [9.17, 15) is 4.39 Å². The zero-order chi connectivity index (χ0) is 10.7. The molecule has 2 unspecified atom stereocenters. The molecule has 2 atom stereocenters. The highest BCUT2D eigenvalue weighted by Gasteiger charge is 2.23.